The molecule has 1 saturated heterocycles. The molecule has 2 aromatic heterocycles. The topological polar surface area (TPSA) is 81.8 Å². The first-order valence-corrected chi connectivity index (χ1v) is 11.3. The maximum atomic E-state index is 11.9. The number of allylic oxidation sites excluding steroid dienone is 1. The van der Waals surface area contributed by atoms with Gasteiger partial charge in [-0.1, -0.05) is 0 Å². The van der Waals surface area contributed by atoms with E-state index in [1.165, 1.54) is 17.3 Å². The van der Waals surface area contributed by atoms with Crippen LogP contribution in [-0.2, 0) is 23.5 Å². The number of pyridine rings is 1. The number of piperazine rings is 1. The Morgan fingerprint density at radius 3 is 2.93 bits per heavy atom. The molecule has 1 aliphatic heterocycles. The lowest BCUT2D eigenvalue weighted by Gasteiger charge is -2.32. The number of nitrogens with one attached hydrogen (secondary N) is 1. The third kappa shape index (κ3) is 7.85. The second-order valence-electron chi connectivity index (χ2n) is 7.48. The molecule has 0 saturated carbocycles. The molecule has 1 fully saturated rings. The van der Waals surface area contributed by atoms with Gasteiger partial charge in [0.2, 0.25) is 5.91 Å². The first-order valence-electron chi connectivity index (χ1n) is 10.2. The summed E-state index contributed by atoms with van der Waals surface area (Å²) >= 11 is 1.47. The van der Waals surface area contributed by atoms with Gasteiger partial charge in [0.15, 0.2) is 0 Å². The summed E-state index contributed by atoms with van der Waals surface area (Å²) in [4.78, 5) is 21.1. The monoisotopic (exact) mass is 430 g/mol. The van der Waals surface area contributed by atoms with Crippen molar-refractivity contribution in [3.05, 3.63) is 65.6 Å². The molecule has 0 bridgehead atoms. The van der Waals surface area contributed by atoms with Crippen LogP contribution in [0.25, 0.3) is 0 Å². The Morgan fingerprint density at radius 1 is 1.33 bits per heavy atom. The highest BCUT2D eigenvalue weighted by Gasteiger charge is 2.14. The fourth-order valence-corrected chi connectivity index (χ4v) is 3.93. The number of carbonyl (C=O) groups is 1. The molecular formula is C22H30N4O3S. The number of furan rings is 1. The number of likely N-dealkylation sites (N-methyl/N-ethyl adjacent to an activating group) is 1. The Kier molecular flexibility index (Phi) is 8.80. The average molecular weight is 431 g/mol. The SMILES string of the molecule is CN1CCN(Cc2ccnc(CC=C(O)CNC(=O)CSCc3ccco3)c2)CC1. The lowest BCUT2D eigenvalue weighted by atomic mass is 10.1. The summed E-state index contributed by atoms with van der Waals surface area (Å²) in [6.45, 7) is 5.40. The van der Waals surface area contributed by atoms with Crippen molar-refractivity contribution in [2.75, 3.05) is 45.5 Å². The number of rotatable bonds is 10. The van der Waals surface area contributed by atoms with E-state index in [9.17, 15) is 9.90 Å². The number of hydrogen-bond acceptors (Lipinski definition) is 7. The summed E-state index contributed by atoms with van der Waals surface area (Å²) in [6.07, 6.45) is 5.68. The average Bonchev–Trinajstić information content (AvgIpc) is 3.26. The largest absolute Gasteiger partial charge is 0.511 e. The molecule has 3 heterocycles. The van der Waals surface area contributed by atoms with Crippen molar-refractivity contribution in [2.24, 2.45) is 0 Å². The molecule has 3 rings (SSSR count). The van der Waals surface area contributed by atoms with Crippen molar-refractivity contribution < 1.29 is 14.3 Å². The van der Waals surface area contributed by atoms with Crippen molar-refractivity contribution in [3.8, 4) is 0 Å². The maximum absolute atomic E-state index is 11.9. The van der Waals surface area contributed by atoms with E-state index in [0.717, 1.165) is 44.2 Å². The van der Waals surface area contributed by atoms with Crippen LogP contribution >= 0.6 is 11.8 Å². The second-order valence-corrected chi connectivity index (χ2v) is 8.47. The predicted molar refractivity (Wildman–Crippen MR) is 119 cm³/mol. The van der Waals surface area contributed by atoms with E-state index < -0.39 is 0 Å². The lowest BCUT2D eigenvalue weighted by molar-refractivity contribution is -0.118. The summed E-state index contributed by atoms with van der Waals surface area (Å²) in [6, 6.07) is 7.85. The van der Waals surface area contributed by atoms with Crippen LogP contribution in [0, 0.1) is 0 Å². The van der Waals surface area contributed by atoms with E-state index in [1.807, 2.05) is 24.4 Å². The summed E-state index contributed by atoms with van der Waals surface area (Å²) in [5.74, 6) is 1.85. The van der Waals surface area contributed by atoms with Crippen LogP contribution in [0.15, 0.2) is 53.0 Å². The Balaban J connectivity index is 1.37. The minimum Gasteiger partial charge on any atom is -0.511 e. The molecule has 0 unspecified atom stereocenters. The van der Waals surface area contributed by atoms with E-state index in [4.69, 9.17) is 4.42 Å². The molecule has 0 atom stereocenters. The number of aliphatic hydroxyl groups excluding tert-OH is 1. The van der Waals surface area contributed by atoms with Crippen LogP contribution in [0.1, 0.15) is 17.0 Å². The molecule has 0 aliphatic carbocycles. The van der Waals surface area contributed by atoms with Gasteiger partial charge in [0.25, 0.3) is 0 Å². The zero-order valence-electron chi connectivity index (χ0n) is 17.4. The van der Waals surface area contributed by atoms with E-state index in [0.29, 0.717) is 17.9 Å². The molecule has 0 aromatic carbocycles. The number of nitrogens with zero attached hydrogens (tertiary/aromatic N) is 3. The Morgan fingerprint density at radius 2 is 2.17 bits per heavy atom. The minimum absolute atomic E-state index is 0.112. The van der Waals surface area contributed by atoms with Gasteiger partial charge in [0, 0.05) is 51.0 Å². The summed E-state index contributed by atoms with van der Waals surface area (Å²) in [5.41, 5.74) is 2.15. The zero-order valence-corrected chi connectivity index (χ0v) is 18.2. The van der Waals surface area contributed by atoms with Crippen LogP contribution in [0.2, 0.25) is 0 Å². The lowest BCUT2D eigenvalue weighted by Crippen LogP contribution is -2.43. The van der Waals surface area contributed by atoms with Crippen molar-refractivity contribution in [1.29, 1.82) is 0 Å². The molecule has 0 radical (unpaired) electrons. The van der Waals surface area contributed by atoms with Crippen LogP contribution in [-0.4, -0.2) is 71.3 Å². The third-order valence-corrected chi connectivity index (χ3v) is 5.91. The zero-order chi connectivity index (χ0) is 21.2. The van der Waals surface area contributed by atoms with E-state index in [2.05, 4.69) is 33.2 Å². The predicted octanol–water partition coefficient (Wildman–Crippen LogP) is 2.46. The number of aliphatic hydroxyl groups is 1. The molecular weight excluding hydrogens is 400 g/mol. The van der Waals surface area contributed by atoms with Crippen molar-refractivity contribution >= 4 is 17.7 Å². The standard InChI is InChI=1S/C22H30N4O3S/c1-25-8-10-26(11-9-25)15-18-6-7-23-19(13-18)4-5-20(27)14-24-22(28)17-30-16-21-3-2-12-29-21/h2-3,5-7,12-13,27H,4,8-11,14-17H2,1H3,(H,24,28). The highest BCUT2D eigenvalue weighted by molar-refractivity contribution is 7.99. The fourth-order valence-electron chi connectivity index (χ4n) is 3.18. The summed E-state index contributed by atoms with van der Waals surface area (Å²) in [5, 5.41) is 12.8. The second kappa shape index (κ2) is 11.8. The van der Waals surface area contributed by atoms with Crippen LogP contribution in [0.3, 0.4) is 0 Å². The van der Waals surface area contributed by atoms with Gasteiger partial charge in [-0.3, -0.25) is 14.7 Å². The highest BCUT2D eigenvalue weighted by Crippen LogP contribution is 2.12. The Labute approximate surface area is 182 Å². The maximum Gasteiger partial charge on any atom is 0.230 e. The highest BCUT2D eigenvalue weighted by atomic mass is 32.2. The van der Waals surface area contributed by atoms with Gasteiger partial charge in [-0.2, -0.15) is 0 Å². The van der Waals surface area contributed by atoms with Gasteiger partial charge in [-0.05, 0) is 43.0 Å². The van der Waals surface area contributed by atoms with E-state index in [-0.39, 0.29) is 18.2 Å². The Hall–Kier alpha value is -2.29. The number of thioether (sulfide) groups is 1. The first-order chi connectivity index (χ1) is 14.6. The van der Waals surface area contributed by atoms with Gasteiger partial charge in [0.1, 0.15) is 11.5 Å². The molecule has 8 heteroatoms. The van der Waals surface area contributed by atoms with Crippen LogP contribution in [0.5, 0.6) is 0 Å². The van der Waals surface area contributed by atoms with E-state index in [1.54, 1.807) is 12.3 Å². The van der Waals surface area contributed by atoms with Gasteiger partial charge < -0.3 is 19.7 Å². The molecule has 1 amide bonds. The number of carbonyl (C=O) groups excluding carboxylic acids is 1. The molecule has 2 aromatic rings. The fraction of sp³-hybridized carbons (Fsp3) is 0.455. The summed E-state index contributed by atoms with van der Waals surface area (Å²) in [7, 11) is 2.16. The molecule has 30 heavy (non-hydrogen) atoms. The molecule has 2 N–H and O–H groups in total. The van der Waals surface area contributed by atoms with Crippen LogP contribution < -0.4 is 5.32 Å². The summed E-state index contributed by atoms with van der Waals surface area (Å²) < 4.78 is 5.23. The minimum atomic E-state index is -0.112. The van der Waals surface area contributed by atoms with Crippen molar-refractivity contribution in [3.63, 3.8) is 0 Å². The van der Waals surface area contributed by atoms with Crippen molar-refractivity contribution in [1.82, 2.24) is 20.1 Å². The number of hydrogen-bond donors (Lipinski definition) is 2. The number of aromatic nitrogens is 1. The van der Waals surface area contributed by atoms with Gasteiger partial charge in [-0.25, -0.2) is 0 Å². The Bertz CT molecular complexity index is 818. The number of amides is 1. The first kappa shape index (κ1) is 22.4. The quantitative estimate of drug-likeness (QED) is 0.560. The van der Waals surface area contributed by atoms with Gasteiger partial charge in [-0.15, -0.1) is 11.8 Å². The van der Waals surface area contributed by atoms with E-state index >= 15 is 0 Å². The molecule has 0 spiro atoms. The van der Waals surface area contributed by atoms with Crippen molar-refractivity contribution in [2.45, 2.75) is 18.7 Å². The molecule has 1 aliphatic rings. The molecule has 162 valence electrons. The molecule has 7 nitrogen and oxygen atoms in total. The van der Waals surface area contributed by atoms with Gasteiger partial charge >= 0.3 is 0 Å². The third-order valence-electron chi connectivity index (χ3n) is 4.95. The van der Waals surface area contributed by atoms with Crippen LogP contribution in [0.4, 0.5) is 0 Å². The van der Waals surface area contributed by atoms with Gasteiger partial charge in [0.05, 0.1) is 24.3 Å². The normalized spacial score (nSPS) is 16.0. The smallest absolute Gasteiger partial charge is 0.230 e.